The predicted molar refractivity (Wildman–Crippen MR) is 89.4 cm³/mol. The van der Waals surface area contributed by atoms with Gasteiger partial charge in [0, 0.05) is 4.87 Å². The number of para-hydroxylation sites is 1. The Bertz CT molecular complexity index is 691. The van der Waals surface area contributed by atoms with Gasteiger partial charge in [-0.25, -0.2) is 0 Å². The van der Waals surface area contributed by atoms with Crippen molar-refractivity contribution in [2.24, 2.45) is 17.3 Å². The average molecular weight is 349 g/mol. The summed E-state index contributed by atoms with van der Waals surface area (Å²) in [6, 6.07) is 6.25. The van der Waals surface area contributed by atoms with E-state index in [0.29, 0.717) is 18.3 Å². The van der Waals surface area contributed by atoms with Gasteiger partial charge in [-0.3, -0.25) is 20.4 Å². The predicted octanol–water partition coefficient (Wildman–Crippen LogP) is 2.73. The number of carbonyl (C=O) groups is 2. The van der Waals surface area contributed by atoms with Crippen LogP contribution in [-0.2, 0) is 4.79 Å². The van der Waals surface area contributed by atoms with Crippen LogP contribution in [0.25, 0.3) is 0 Å². The zero-order valence-corrected chi connectivity index (χ0v) is 14.1. The van der Waals surface area contributed by atoms with E-state index in [9.17, 15) is 14.7 Å². The first-order valence-corrected chi connectivity index (χ1v) is 8.85. The number of amides is 2. The molecule has 0 aromatic heterocycles. The summed E-state index contributed by atoms with van der Waals surface area (Å²) in [6.07, 6.45) is 5.59. The van der Waals surface area contributed by atoms with E-state index in [0.717, 1.165) is 25.7 Å². The Labute approximate surface area is 145 Å². The molecule has 24 heavy (non-hydrogen) atoms. The molecule has 6 heteroatoms. The van der Waals surface area contributed by atoms with E-state index in [1.54, 1.807) is 12.1 Å². The lowest BCUT2D eigenvalue weighted by Gasteiger charge is -2.59. The first-order chi connectivity index (χ1) is 11.4. The quantitative estimate of drug-likeness (QED) is 0.568. The lowest BCUT2D eigenvalue weighted by molar-refractivity contribution is -0.145. The van der Waals surface area contributed by atoms with Crippen LogP contribution >= 0.6 is 11.6 Å². The van der Waals surface area contributed by atoms with Crippen molar-refractivity contribution < 1.29 is 14.7 Å². The Kier molecular flexibility index (Phi) is 3.53. The van der Waals surface area contributed by atoms with Crippen molar-refractivity contribution in [1.29, 1.82) is 0 Å². The molecule has 3 N–H and O–H groups in total. The Morgan fingerprint density at radius 2 is 1.75 bits per heavy atom. The number of nitrogens with one attached hydrogen (secondary N) is 2. The largest absolute Gasteiger partial charge is 0.507 e. The lowest BCUT2D eigenvalue weighted by atomic mass is 9.49. The topological polar surface area (TPSA) is 78.4 Å². The van der Waals surface area contributed by atoms with Crippen LogP contribution in [0.15, 0.2) is 24.3 Å². The number of halogens is 1. The Morgan fingerprint density at radius 3 is 2.38 bits per heavy atom. The van der Waals surface area contributed by atoms with Crippen LogP contribution in [-0.4, -0.2) is 21.8 Å². The number of benzene rings is 1. The van der Waals surface area contributed by atoms with Gasteiger partial charge in [0.2, 0.25) is 5.91 Å². The van der Waals surface area contributed by atoms with Gasteiger partial charge in [0.05, 0.1) is 11.0 Å². The number of aromatic hydroxyl groups is 1. The van der Waals surface area contributed by atoms with Crippen LogP contribution in [0.5, 0.6) is 5.75 Å². The fourth-order valence-electron chi connectivity index (χ4n) is 5.40. The number of phenols is 1. The molecule has 0 aliphatic heterocycles. The van der Waals surface area contributed by atoms with Crippen molar-refractivity contribution in [1.82, 2.24) is 10.9 Å². The number of hydrazine groups is 1. The standard InChI is InChI=1S/C18H21ClN2O3/c19-18-8-11-5-12(9-18)7-17(6-11,10-18)16(24)21-20-15(23)13-3-1-2-4-14(13)22/h1-4,11-12,22H,5-10H2,(H,20,23)(H,21,24)/t11-,12+,17?,18?. The second-order valence-electron chi connectivity index (χ2n) is 7.82. The van der Waals surface area contributed by atoms with Gasteiger partial charge in [0.25, 0.3) is 5.91 Å². The number of alkyl halides is 1. The van der Waals surface area contributed by atoms with Gasteiger partial charge in [0.1, 0.15) is 5.75 Å². The minimum absolute atomic E-state index is 0.112. The number of hydrogen-bond donors (Lipinski definition) is 3. The molecule has 5 rings (SSSR count). The maximum atomic E-state index is 12.8. The summed E-state index contributed by atoms with van der Waals surface area (Å²) < 4.78 is 0. The summed E-state index contributed by atoms with van der Waals surface area (Å²) in [6.45, 7) is 0. The molecule has 0 heterocycles. The molecule has 0 saturated heterocycles. The summed E-state index contributed by atoms with van der Waals surface area (Å²) in [5, 5.41) is 9.72. The fraction of sp³-hybridized carbons (Fsp3) is 0.556. The lowest BCUT2D eigenvalue weighted by Crippen LogP contribution is -2.60. The Morgan fingerprint density at radius 1 is 1.08 bits per heavy atom. The maximum absolute atomic E-state index is 12.8. The molecule has 4 bridgehead atoms. The van der Waals surface area contributed by atoms with Gasteiger partial charge < -0.3 is 5.11 Å². The summed E-state index contributed by atoms with van der Waals surface area (Å²) in [5.41, 5.74) is 4.69. The van der Waals surface area contributed by atoms with Gasteiger partial charge in [-0.15, -0.1) is 11.6 Å². The van der Waals surface area contributed by atoms with E-state index in [4.69, 9.17) is 11.6 Å². The summed E-state index contributed by atoms with van der Waals surface area (Å²) in [7, 11) is 0. The molecule has 1 aromatic rings. The second kappa shape index (κ2) is 5.38. The van der Waals surface area contributed by atoms with Gasteiger partial charge >= 0.3 is 0 Å². The van der Waals surface area contributed by atoms with Crippen LogP contribution in [0.1, 0.15) is 48.9 Å². The van der Waals surface area contributed by atoms with E-state index in [2.05, 4.69) is 10.9 Å². The van der Waals surface area contributed by atoms with Crippen molar-refractivity contribution in [2.45, 2.75) is 43.4 Å². The van der Waals surface area contributed by atoms with Crippen LogP contribution in [0.3, 0.4) is 0 Å². The summed E-state index contributed by atoms with van der Waals surface area (Å²) in [5.74, 6) is 0.252. The molecule has 4 saturated carbocycles. The van der Waals surface area contributed by atoms with Crippen molar-refractivity contribution >= 4 is 23.4 Å². The van der Waals surface area contributed by atoms with E-state index in [1.165, 1.54) is 18.6 Å². The molecule has 5 nitrogen and oxygen atoms in total. The third-order valence-electron chi connectivity index (χ3n) is 5.91. The van der Waals surface area contributed by atoms with Gasteiger partial charge in [0.15, 0.2) is 0 Å². The van der Waals surface area contributed by atoms with Crippen molar-refractivity contribution in [2.75, 3.05) is 0 Å². The summed E-state index contributed by atoms with van der Waals surface area (Å²) >= 11 is 6.74. The smallest absolute Gasteiger partial charge is 0.273 e. The molecule has 128 valence electrons. The zero-order valence-electron chi connectivity index (χ0n) is 13.3. The minimum Gasteiger partial charge on any atom is -0.507 e. The molecule has 4 aliphatic rings. The van der Waals surface area contributed by atoms with Crippen molar-refractivity contribution in [3.05, 3.63) is 29.8 Å². The highest BCUT2D eigenvalue weighted by Gasteiger charge is 2.60. The van der Waals surface area contributed by atoms with E-state index in [1.807, 2.05) is 0 Å². The Hall–Kier alpha value is -1.75. The first-order valence-electron chi connectivity index (χ1n) is 8.47. The molecule has 1 aromatic carbocycles. The molecule has 4 fully saturated rings. The number of rotatable bonds is 2. The third kappa shape index (κ3) is 2.55. The third-order valence-corrected chi connectivity index (χ3v) is 6.35. The highest BCUT2D eigenvalue weighted by Crippen LogP contribution is 2.63. The van der Waals surface area contributed by atoms with E-state index < -0.39 is 11.3 Å². The molecular weight excluding hydrogens is 328 g/mol. The molecule has 4 aliphatic carbocycles. The van der Waals surface area contributed by atoms with Crippen LogP contribution < -0.4 is 10.9 Å². The number of hydrogen-bond acceptors (Lipinski definition) is 3. The van der Waals surface area contributed by atoms with Crippen molar-refractivity contribution in [3.8, 4) is 5.75 Å². The molecule has 0 spiro atoms. The molecule has 4 atom stereocenters. The molecular formula is C18H21ClN2O3. The first kappa shape index (κ1) is 15.8. The van der Waals surface area contributed by atoms with E-state index in [-0.39, 0.29) is 22.1 Å². The zero-order chi connectivity index (χ0) is 16.9. The number of carbonyl (C=O) groups excluding carboxylic acids is 2. The molecule has 2 unspecified atom stereocenters. The van der Waals surface area contributed by atoms with Crippen LogP contribution in [0.2, 0.25) is 0 Å². The van der Waals surface area contributed by atoms with Crippen molar-refractivity contribution in [3.63, 3.8) is 0 Å². The minimum atomic E-state index is -0.522. The SMILES string of the molecule is O=C(NNC(=O)C12C[C@@H]3C[C@@H](CC(Cl)(C3)C1)C2)c1ccccc1O. The summed E-state index contributed by atoms with van der Waals surface area (Å²) in [4.78, 5) is 24.7. The van der Waals surface area contributed by atoms with Crippen LogP contribution in [0, 0.1) is 17.3 Å². The van der Waals surface area contributed by atoms with Gasteiger partial charge in [-0.05, 0) is 62.5 Å². The normalized spacial score (nSPS) is 36.4. The van der Waals surface area contributed by atoms with Crippen LogP contribution in [0.4, 0.5) is 0 Å². The van der Waals surface area contributed by atoms with Gasteiger partial charge in [-0.1, -0.05) is 12.1 Å². The van der Waals surface area contributed by atoms with E-state index >= 15 is 0 Å². The highest BCUT2D eigenvalue weighted by atomic mass is 35.5. The fourth-order valence-corrected chi connectivity index (χ4v) is 6.09. The second-order valence-corrected chi connectivity index (χ2v) is 8.62. The monoisotopic (exact) mass is 348 g/mol. The van der Waals surface area contributed by atoms with Gasteiger partial charge in [-0.2, -0.15) is 0 Å². The highest BCUT2D eigenvalue weighted by molar-refractivity contribution is 6.24. The maximum Gasteiger partial charge on any atom is 0.273 e. The number of phenolic OH excluding ortho intramolecular Hbond substituents is 1. The molecule has 2 amide bonds. The average Bonchev–Trinajstić information content (AvgIpc) is 2.50. The molecule has 0 radical (unpaired) electrons. The Balaban J connectivity index is 1.45.